The summed E-state index contributed by atoms with van der Waals surface area (Å²) in [5, 5.41) is 9.68. The van der Waals surface area contributed by atoms with Crippen LogP contribution in [0.3, 0.4) is 0 Å². The number of phenolic OH excluding ortho intramolecular Hbond substituents is 1. The molecule has 5 aliphatic rings. The van der Waals surface area contributed by atoms with Crippen molar-refractivity contribution in [3.05, 3.63) is 35.4 Å². The van der Waals surface area contributed by atoms with Gasteiger partial charge in [0.2, 0.25) is 11.8 Å². The fourth-order valence-electron chi connectivity index (χ4n) is 4.85. The molecule has 1 aromatic rings. The van der Waals surface area contributed by atoms with Gasteiger partial charge in [-0.3, -0.25) is 9.59 Å². The van der Waals surface area contributed by atoms with E-state index in [-0.39, 0.29) is 46.3 Å². The molecule has 1 N–H and O–H groups in total. The molecular weight excluding hydrogens is 302 g/mol. The summed E-state index contributed by atoms with van der Waals surface area (Å²) in [5.74, 6) is 0.932. The summed E-state index contributed by atoms with van der Waals surface area (Å²) in [5.41, 5.74) is 0.459. The number of hydrogen-bond donors (Lipinski definition) is 1. The summed E-state index contributed by atoms with van der Waals surface area (Å²) < 4.78 is 0. The number of rotatable bonds is 1. The molecule has 1 aliphatic heterocycles. The summed E-state index contributed by atoms with van der Waals surface area (Å²) in [6.45, 7) is 0. The van der Waals surface area contributed by atoms with Crippen molar-refractivity contribution in [3.63, 3.8) is 0 Å². The molecule has 0 aromatic heterocycles. The van der Waals surface area contributed by atoms with Crippen molar-refractivity contribution in [2.75, 3.05) is 4.90 Å². The van der Waals surface area contributed by atoms with E-state index in [4.69, 9.17) is 11.6 Å². The van der Waals surface area contributed by atoms with E-state index < -0.39 is 0 Å². The van der Waals surface area contributed by atoms with E-state index in [0.717, 1.165) is 6.42 Å². The molecule has 2 saturated carbocycles. The summed E-state index contributed by atoms with van der Waals surface area (Å²) in [4.78, 5) is 27.0. The number of carbonyl (C=O) groups excluding carboxylic acids is 2. The number of hydrogen-bond acceptors (Lipinski definition) is 3. The summed E-state index contributed by atoms with van der Waals surface area (Å²) >= 11 is 5.93. The quantitative estimate of drug-likeness (QED) is 0.640. The second-order valence-electron chi connectivity index (χ2n) is 6.80. The Morgan fingerprint density at radius 2 is 1.64 bits per heavy atom. The van der Waals surface area contributed by atoms with Gasteiger partial charge in [0.15, 0.2) is 0 Å². The Labute approximate surface area is 132 Å². The first kappa shape index (κ1) is 12.7. The first-order valence-corrected chi connectivity index (χ1v) is 8.00. The SMILES string of the molecule is O=C1[C@@H]2[C@@H]3C=C[C@@H]([C@H]4C[C@@H]34)[C@@H]2C(=O)N1c1ccc(O)c(Cl)c1. The maximum Gasteiger partial charge on any atom is 0.238 e. The van der Waals surface area contributed by atoms with Crippen LogP contribution in [-0.4, -0.2) is 16.9 Å². The molecule has 2 bridgehead atoms. The van der Waals surface area contributed by atoms with Crippen molar-refractivity contribution in [2.45, 2.75) is 6.42 Å². The Kier molecular flexibility index (Phi) is 2.27. The predicted octanol–water partition coefficient (Wildman–Crippen LogP) is 2.60. The third-order valence-electron chi connectivity index (χ3n) is 5.85. The summed E-state index contributed by atoms with van der Waals surface area (Å²) in [7, 11) is 0. The highest BCUT2D eigenvalue weighted by Gasteiger charge is 2.67. The van der Waals surface area contributed by atoms with E-state index in [1.165, 1.54) is 17.0 Å². The Hall–Kier alpha value is -1.81. The van der Waals surface area contributed by atoms with Crippen LogP contribution in [0, 0.1) is 35.5 Å². The standard InChI is InChI=1S/C17H14ClNO3/c18-12-5-7(1-4-13(12)20)19-16(21)14-8-2-3-9(11-6-10(8)11)15(14)17(19)22/h1-5,8-11,14-15,20H,6H2/t8-,9+,10+,11-,14-,15+. The van der Waals surface area contributed by atoms with Gasteiger partial charge in [0.1, 0.15) is 5.75 Å². The van der Waals surface area contributed by atoms with Gasteiger partial charge in [-0.2, -0.15) is 0 Å². The molecule has 5 heteroatoms. The molecule has 1 saturated heterocycles. The molecule has 3 fully saturated rings. The highest BCUT2D eigenvalue weighted by atomic mass is 35.5. The van der Waals surface area contributed by atoms with Gasteiger partial charge in [-0.1, -0.05) is 23.8 Å². The third-order valence-corrected chi connectivity index (χ3v) is 6.15. The van der Waals surface area contributed by atoms with Crippen LogP contribution in [0.2, 0.25) is 5.02 Å². The molecule has 112 valence electrons. The zero-order valence-electron chi connectivity index (χ0n) is 11.6. The average molecular weight is 316 g/mol. The zero-order chi connectivity index (χ0) is 15.2. The highest BCUT2D eigenvalue weighted by molar-refractivity contribution is 6.32. The monoisotopic (exact) mass is 315 g/mol. The first-order valence-electron chi connectivity index (χ1n) is 7.62. The molecule has 4 nitrogen and oxygen atoms in total. The first-order chi connectivity index (χ1) is 10.6. The second kappa shape index (κ2) is 3.93. The maximum atomic E-state index is 12.9. The Bertz CT molecular complexity index is 722. The van der Waals surface area contributed by atoms with Crippen molar-refractivity contribution >= 4 is 29.1 Å². The van der Waals surface area contributed by atoms with Gasteiger partial charge < -0.3 is 5.11 Å². The van der Waals surface area contributed by atoms with Crippen molar-refractivity contribution < 1.29 is 14.7 Å². The van der Waals surface area contributed by atoms with Crippen LogP contribution in [0.4, 0.5) is 5.69 Å². The predicted molar refractivity (Wildman–Crippen MR) is 80.3 cm³/mol. The third kappa shape index (κ3) is 1.39. The fourth-order valence-corrected chi connectivity index (χ4v) is 5.02. The Morgan fingerprint density at radius 3 is 2.18 bits per heavy atom. The van der Waals surface area contributed by atoms with Gasteiger partial charge in [0.25, 0.3) is 0 Å². The lowest BCUT2D eigenvalue weighted by Crippen LogP contribution is -2.40. The van der Waals surface area contributed by atoms with Gasteiger partial charge >= 0.3 is 0 Å². The fraction of sp³-hybridized carbons (Fsp3) is 0.412. The van der Waals surface area contributed by atoms with Crippen LogP contribution in [-0.2, 0) is 9.59 Å². The lowest BCUT2D eigenvalue weighted by Gasteiger charge is -2.37. The number of imide groups is 1. The molecule has 6 rings (SSSR count). The van der Waals surface area contributed by atoms with Crippen LogP contribution >= 0.6 is 11.6 Å². The molecule has 1 heterocycles. The van der Waals surface area contributed by atoms with E-state index in [2.05, 4.69) is 12.2 Å². The van der Waals surface area contributed by atoms with Crippen LogP contribution in [0.15, 0.2) is 30.4 Å². The number of anilines is 1. The molecular formula is C17H14ClNO3. The van der Waals surface area contributed by atoms with Gasteiger partial charge in [-0.05, 0) is 48.3 Å². The number of nitrogens with zero attached hydrogens (tertiary/aromatic N) is 1. The van der Waals surface area contributed by atoms with Crippen LogP contribution in [0.1, 0.15) is 6.42 Å². The number of benzene rings is 1. The lowest BCUT2D eigenvalue weighted by molar-refractivity contribution is -0.124. The minimum absolute atomic E-state index is 0.0510. The van der Waals surface area contributed by atoms with E-state index >= 15 is 0 Å². The van der Waals surface area contributed by atoms with Crippen LogP contribution in [0.25, 0.3) is 0 Å². The lowest BCUT2D eigenvalue weighted by atomic mass is 9.63. The number of aromatic hydroxyl groups is 1. The summed E-state index contributed by atoms with van der Waals surface area (Å²) in [6.07, 6.45) is 5.46. The number of phenols is 1. The summed E-state index contributed by atoms with van der Waals surface area (Å²) in [6, 6.07) is 4.48. The van der Waals surface area contributed by atoms with Gasteiger partial charge in [0, 0.05) is 0 Å². The van der Waals surface area contributed by atoms with Gasteiger partial charge in [-0.25, -0.2) is 4.90 Å². The Balaban J connectivity index is 1.58. The van der Waals surface area contributed by atoms with E-state index in [9.17, 15) is 14.7 Å². The van der Waals surface area contributed by atoms with Crippen LogP contribution in [0.5, 0.6) is 5.75 Å². The maximum absolute atomic E-state index is 12.9. The van der Waals surface area contributed by atoms with Crippen molar-refractivity contribution in [2.24, 2.45) is 35.5 Å². The minimum Gasteiger partial charge on any atom is -0.506 e. The normalized spacial score (nSPS) is 40.9. The van der Waals surface area contributed by atoms with Crippen molar-refractivity contribution in [3.8, 4) is 5.75 Å². The zero-order valence-corrected chi connectivity index (χ0v) is 12.4. The molecule has 6 atom stereocenters. The molecule has 2 amide bonds. The highest BCUT2D eigenvalue weighted by Crippen LogP contribution is 2.65. The number of amides is 2. The van der Waals surface area contributed by atoms with Crippen molar-refractivity contribution in [1.29, 1.82) is 0 Å². The van der Waals surface area contributed by atoms with Crippen LogP contribution < -0.4 is 4.90 Å². The van der Waals surface area contributed by atoms with Crippen molar-refractivity contribution in [1.82, 2.24) is 0 Å². The minimum atomic E-state index is -0.209. The van der Waals surface area contributed by atoms with E-state index in [0.29, 0.717) is 17.5 Å². The average Bonchev–Trinajstić information content (AvgIpc) is 3.28. The molecule has 1 aromatic carbocycles. The molecule has 4 aliphatic carbocycles. The largest absolute Gasteiger partial charge is 0.506 e. The Morgan fingerprint density at radius 1 is 1.05 bits per heavy atom. The topological polar surface area (TPSA) is 57.6 Å². The number of halogens is 1. The second-order valence-corrected chi connectivity index (χ2v) is 7.21. The molecule has 0 unspecified atom stereocenters. The van der Waals surface area contributed by atoms with E-state index in [1.807, 2.05) is 0 Å². The molecule has 22 heavy (non-hydrogen) atoms. The number of carbonyl (C=O) groups is 2. The van der Waals surface area contributed by atoms with Gasteiger partial charge in [-0.15, -0.1) is 0 Å². The molecule has 0 spiro atoms. The molecule has 0 radical (unpaired) electrons. The van der Waals surface area contributed by atoms with E-state index in [1.54, 1.807) is 6.07 Å². The smallest absolute Gasteiger partial charge is 0.238 e. The number of allylic oxidation sites excluding steroid dienone is 2. The van der Waals surface area contributed by atoms with Gasteiger partial charge in [0.05, 0.1) is 22.5 Å².